The van der Waals surface area contributed by atoms with Gasteiger partial charge in [0.25, 0.3) is 0 Å². The number of hydrogen-bond acceptors (Lipinski definition) is 2. The second-order valence-corrected chi connectivity index (χ2v) is 5.02. The maximum absolute atomic E-state index is 9.71. The van der Waals surface area contributed by atoms with Gasteiger partial charge < -0.3 is 5.11 Å². The Hall–Kier alpha value is 0.240. The van der Waals surface area contributed by atoms with Crippen LogP contribution in [0.3, 0.4) is 0 Å². The monoisotopic (exact) mass is 235 g/mol. The highest BCUT2D eigenvalue weighted by molar-refractivity contribution is 6.36. The van der Waals surface area contributed by atoms with Crippen molar-refractivity contribution in [3.8, 4) is 0 Å². The van der Waals surface area contributed by atoms with Gasteiger partial charge in [0.05, 0.1) is 6.10 Å². The molecular weight excluding hydrogens is 221 g/mol. The van der Waals surface area contributed by atoms with Gasteiger partial charge in [-0.15, -0.1) is 0 Å². The summed E-state index contributed by atoms with van der Waals surface area (Å²) in [4.78, 5) is 2.28. The zero-order chi connectivity index (χ0) is 10.1. The molecule has 1 N–H and O–H groups in total. The normalized spacial score (nSPS) is 39.1. The van der Waals surface area contributed by atoms with Crippen molar-refractivity contribution in [1.82, 2.24) is 4.90 Å². The van der Waals surface area contributed by atoms with Crippen LogP contribution < -0.4 is 0 Å². The van der Waals surface area contributed by atoms with Gasteiger partial charge in [-0.25, -0.2) is 0 Å². The van der Waals surface area contributed by atoms with Crippen LogP contribution in [0.5, 0.6) is 0 Å². The first-order chi connectivity index (χ1) is 6.70. The molecule has 1 saturated heterocycles. The molecular formula is C10H15Cl2NO. The maximum Gasteiger partial charge on any atom is 0.0583 e. The van der Waals surface area contributed by atoms with Crippen molar-refractivity contribution >= 4 is 23.2 Å². The third-order valence-electron chi connectivity index (χ3n) is 3.39. The molecule has 0 spiro atoms. The lowest BCUT2D eigenvalue weighted by Crippen LogP contribution is -2.25. The Morgan fingerprint density at radius 3 is 2.86 bits per heavy atom. The van der Waals surface area contributed by atoms with Crippen LogP contribution in [-0.4, -0.2) is 35.7 Å². The van der Waals surface area contributed by atoms with Crippen molar-refractivity contribution in [2.75, 3.05) is 19.6 Å². The van der Waals surface area contributed by atoms with Crippen molar-refractivity contribution in [3.63, 3.8) is 0 Å². The molecule has 14 heavy (non-hydrogen) atoms. The van der Waals surface area contributed by atoms with Gasteiger partial charge in [0.1, 0.15) is 0 Å². The smallest absolute Gasteiger partial charge is 0.0583 e. The second-order valence-electron chi connectivity index (χ2n) is 4.32. The first kappa shape index (κ1) is 10.7. The molecule has 0 amide bonds. The molecule has 2 aliphatic rings. The molecule has 1 saturated carbocycles. The average Bonchev–Trinajstić information content (AvgIpc) is 2.69. The SMILES string of the molecule is OC1CCC2CN(CC(Cl)=CCl)CC12. The highest BCUT2D eigenvalue weighted by Gasteiger charge is 2.41. The molecule has 2 nitrogen and oxygen atoms in total. The van der Waals surface area contributed by atoms with Crippen LogP contribution in [0.25, 0.3) is 0 Å². The van der Waals surface area contributed by atoms with Gasteiger partial charge in [-0.2, -0.15) is 0 Å². The Morgan fingerprint density at radius 2 is 2.21 bits per heavy atom. The van der Waals surface area contributed by atoms with E-state index in [2.05, 4.69) is 4.90 Å². The van der Waals surface area contributed by atoms with Crippen LogP contribution >= 0.6 is 23.2 Å². The fourth-order valence-electron chi connectivity index (χ4n) is 2.71. The Bertz CT molecular complexity index is 244. The number of aliphatic hydroxyl groups is 1. The fraction of sp³-hybridized carbons (Fsp3) is 0.800. The number of hydrogen-bond donors (Lipinski definition) is 1. The molecule has 0 aromatic rings. The maximum atomic E-state index is 9.71. The minimum atomic E-state index is -0.0937. The minimum Gasteiger partial charge on any atom is -0.393 e. The van der Waals surface area contributed by atoms with Crippen molar-refractivity contribution in [3.05, 3.63) is 10.6 Å². The summed E-state index contributed by atoms with van der Waals surface area (Å²) in [5, 5.41) is 10.4. The molecule has 0 bridgehead atoms. The van der Waals surface area contributed by atoms with Crippen LogP contribution in [0.2, 0.25) is 0 Å². The highest BCUT2D eigenvalue weighted by Crippen LogP contribution is 2.38. The first-order valence-corrected chi connectivity index (χ1v) is 5.87. The van der Waals surface area contributed by atoms with E-state index in [0.29, 0.717) is 16.9 Å². The summed E-state index contributed by atoms with van der Waals surface area (Å²) in [5.41, 5.74) is 1.42. The Balaban J connectivity index is 1.89. The molecule has 1 aliphatic carbocycles. The Labute approximate surface area is 94.5 Å². The van der Waals surface area contributed by atoms with Crippen molar-refractivity contribution < 1.29 is 5.11 Å². The van der Waals surface area contributed by atoms with Crippen molar-refractivity contribution in [1.29, 1.82) is 0 Å². The standard InChI is InChI=1S/C10H15Cl2NO/c11-3-8(12)5-13-4-7-1-2-10(14)9(7)6-13/h3,7,9-10,14H,1-2,4-6H2. The van der Waals surface area contributed by atoms with Crippen LogP contribution in [0, 0.1) is 11.8 Å². The van der Waals surface area contributed by atoms with E-state index in [9.17, 15) is 5.11 Å². The van der Waals surface area contributed by atoms with E-state index < -0.39 is 0 Å². The topological polar surface area (TPSA) is 23.5 Å². The Kier molecular flexibility index (Phi) is 3.38. The zero-order valence-corrected chi connectivity index (χ0v) is 9.51. The third-order valence-corrected chi connectivity index (χ3v) is 3.99. The quantitative estimate of drug-likeness (QED) is 0.792. The molecule has 0 radical (unpaired) electrons. The van der Waals surface area contributed by atoms with Gasteiger partial charge in [-0.3, -0.25) is 4.90 Å². The first-order valence-electron chi connectivity index (χ1n) is 5.06. The van der Waals surface area contributed by atoms with E-state index in [1.165, 1.54) is 5.54 Å². The lowest BCUT2D eigenvalue weighted by Gasteiger charge is -2.16. The van der Waals surface area contributed by atoms with Crippen LogP contribution in [0.15, 0.2) is 10.6 Å². The zero-order valence-electron chi connectivity index (χ0n) is 8.00. The van der Waals surface area contributed by atoms with Crippen LogP contribution in [0.1, 0.15) is 12.8 Å². The van der Waals surface area contributed by atoms with E-state index in [0.717, 1.165) is 32.5 Å². The molecule has 0 aromatic carbocycles. The molecule has 2 rings (SSSR count). The number of likely N-dealkylation sites (tertiary alicyclic amines) is 1. The number of rotatable bonds is 2. The van der Waals surface area contributed by atoms with E-state index in [1.807, 2.05) is 0 Å². The molecule has 3 unspecified atom stereocenters. The summed E-state index contributed by atoms with van der Waals surface area (Å²) >= 11 is 11.4. The van der Waals surface area contributed by atoms with Gasteiger partial charge >= 0.3 is 0 Å². The van der Waals surface area contributed by atoms with Gasteiger partial charge in [-0.05, 0) is 18.8 Å². The lowest BCUT2D eigenvalue weighted by molar-refractivity contribution is 0.125. The Morgan fingerprint density at radius 1 is 1.43 bits per heavy atom. The minimum absolute atomic E-state index is 0.0937. The molecule has 3 atom stereocenters. The van der Waals surface area contributed by atoms with E-state index in [-0.39, 0.29) is 6.10 Å². The van der Waals surface area contributed by atoms with Crippen LogP contribution in [-0.2, 0) is 0 Å². The highest BCUT2D eigenvalue weighted by atomic mass is 35.5. The predicted molar refractivity (Wildman–Crippen MR) is 58.4 cm³/mol. The number of aliphatic hydroxyl groups excluding tert-OH is 1. The summed E-state index contributed by atoms with van der Waals surface area (Å²) < 4.78 is 0. The molecule has 1 aliphatic heterocycles. The molecule has 0 aromatic heterocycles. The van der Waals surface area contributed by atoms with Crippen LogP contribution in [0.4, 0.5) is 0 Å². The van der Waals surface area contributed by atoms with E-state index in [4.69, 9.17) is 23.2 Å². The second kappa shape index (κ2) is 4.40. The number of fused-ring (bicyclic) bond motifs is 1. The molecule has 2 fully saturated rings. The molecule has 4 heteroatoms. The van der Waals surface area contributed by atoms with Gasteiger partial charge in [0, 0.05) is 36.1 Å². The van der Waals surface area contributed by atoms with Gasteiger partial charge in [-0.1, -0.05) is 23.2 Å². The van der Waals surface area contributed by atoms with Gasteiger partial charge in [0.15, 0.2) is 0 Å². The van der Waals surface area contributed by atoms with E-state index in [1.54, 1.807) is 0 Å². The summed E-state index contributed by atoms with van der Waals surface area (Å²) in [6.07, 6.45) is 2.04. The molecule has 1 heterocycles. The number of halogens is 2. The summed E-state index contributed by atoms with van der Waals surface area (Å²) in [7, 11) is 0. The predicted octanol–water partition coefficient (Wildman–Crippen LogP) is 2.01. The molecule has 80 valence electrons. The fourth-order valence-corrected chi connectivity index (χ4v) is 2.94. The van der Waals surface area contributed by atoms with E-state index >= 15 is 0 Å². The largest absolute Gasteiger partial charge is 0.393 e. The summed E-state index contributed by atoms with van der Waals surface area (Å²) in [6.45, 7) is 2.75. The lowest BCUT2D eigenvalue weighted by atomic mass is 10.00. The average molecular weight is 236 g/mol. The summed E-state index contributed by atoms with van der Waals surface area (Å²) in [5.74, 6) is 1.14. The third kappa shape index (κ3) is 2.08. The van der Waals surface area contributed by atoms with Crippen molar-refractivity contribution in [2.24, 2.45) is 11.8 Å². The van der Waals surface area contributed by atoms with Crippen molar-refractivity contribution in [2.45, 2.75) is 18.9 Å². The summed E-state index contributed by atoms with van der Waals surface area (Å²) in [6, 6.07) is 0. The number of nitrogens with zero attached hydrogens (tertiary/aromatic N) is 1. The van der Waals surface area contributed by atoms with Gasteiger partial charge in [0.2, 0.25) is 0 Å².